The van der Waals surface area contributed by atoms with Crippen LogP contribution in [0.25, 0.3) is 0 Å². The van der Waals surface area contributed by atoms with E-state index >= 15 is 0 Å². The fourth-order valence-electron chi connectivity index (χ4n) is 2.52. The number of aliphatic imine (C=N–C) groups is 1. The molecule has 0 aromatic heterocycles. The molecule has 5 heteroatoms. The Kier molecular flexibility index (Phi) is 7.37. The largest absolute Gasteiger partial charge is 0.379 e. The van der Waals surface area contributed by atoms with Gasteiger partial charge in [-0.25, -0.2) is 0 Å². The van der Waals surface area contributed by atoms with E-state index in [9.17, 15) is 0 Å². The Labute approximate surface area is 146 Å². The summed E-state index contributed by atoms with van der Waals surface area (Å²) in [5.74, 6) is 1.74. The number of nitrogens with one attached hydrogen (secondary N) is 1. The summed E-state index contributed by atoms with van der Waals surface area (Å²) < 4.78 is 5.71. The normalized spacial score (nSPS) is 15.9. The van der Waals surface area contributed by atoms with Crippen molar-refractivity contribution in [1.82, 2.24) is 10.2 Å². The molecular formula is C19H32N4O. The Morgan fingerprint density at radius 1 is 1.29 bits per heavy atom. The summed E-state index contributed by atoms with van der Waals surface area (Å²) in [6.07, 6.45) is 2.68. The van der Waals surface area contributed by atoms with Gasteiger partial charge in [0.25, 0.3) is 0 Å². The van der Waals surface area contributed by atoms with Crippen LogP contribution in [0, 0.1) is 5.92 Å². The minimum atomic E-state index is 0.365. The van der Waals surface area contributed by atoms with Gasteiger partial charge in [-0.05, 0) is 37.8 Å². The second-order valence-corrected chi connectivity index (χ2v) is 6.66. The topological polar surface area (TPSA) is 40.1 Å². The molecule has 0 spiro atoms. The van der Waals surface area contributed by atoms with Gasteiger partial charge in [0.05, 0.1) is 6.61 Å². The second-order valence-electron chi connectivity index (χ2n) is 6.66. The molecule has 0 heterocycles. The van der Waals surface area contributed by atoms with Crippen LogP contribution in [0.5, 0.6) is 0 Å². The van der Waals surface area contributed by atoms with Crippen molar-refractivity contribution < 1.29 is 4.74 Å². The molecule has 1 aliphatic carbocycles. The van der Waals surface area contributed by atoms with Crippen LogP contribution in [0.3, 0.4) is 0 Å². The number of ether oxygens (including phenoxy) is 1. The Bertz CT molecular complexity index is 501. The van der Waals surface area contributed by atoms with Crippen molar-refractivity contribution in [2.45, 2.75) is 25.8 Å². The number of anilines is 1. The number of para-hydroxylation sites is 1. The van der Waals surface area contributed by atoms with Gasteiger partial charge in [-0.3, -0.25) is 4.99 Å². The number of guanidine groups is 1. The Balaban J connectivity index is 1.71. The SMILES string of the molecule is CN=C(NCC(C)N(C)c1ccccc1)N(C)CCOCC1CC1. The number of hydrogen-bond acceptors (Lipinski definition) is 3. The van der Waals surface area contributed by atoms with Crippen LogP contribution in [0.15, 0.2) is 35.3 Å². The summed E-state index contributed by atoms with van der Waals surface area (Å²) in [4.78, 5) is 8.78. The predicted octanol–water partition coefficient (Wildman–Crippen LogP) is 2.45. The monoisotopic (exact) mass is 332 g/mol. The number of hydrogen-bond donors (Lipinski definition) is 1. The summed E-state index contributed by atoms with van der Waals surface area (Å²) in [6, 6.07) is 10.8. The lowest BCUT2D eigenvalue weighted by atomic mass is 10.2. The Hall–Kier alpha value is -1.75. The summed E-state index contributed by atoms with van der Waals surface area (Å²) in [7, 11) is 6.01. The van der Waals surface area contributed by atoms with Crippen molar-refractivity contribution in [3.63, 3.8) is 0 Å². The molecule has 5 nitrogen and oxygen atoms in total. The van der Waals surface area contributed by atoms with E-state index in [-0.39, 0.29) is 0 Å². The molecule has 1 unspecified atom stereocenters. The molecule has 1 aromatic carbocycles. The molecular weight excluding hydrogens is 300 g/mol. The van der Waals surface area contributed by atoms with Crippen molar-refractivity contribution in [3.8, 4) is 0 Å². The van der Waals surface area contributed by atoms with Gasteiger partial charge in [-0.15, -0.1) is 0 Å². The molecule has 1 aliphatic rings. The standard InChI is InChI=1S/C19H32N4O/c1-16(23(4)18-8-6-5-7-9-18)14-21-19(20-2)22(3)12-13-24-15-17-10-11-17/h5-9,16-17H,10-15H2,1-4H3,(H,20,21). The molecule has 1 saturated carbocycles. The summed E-state index contributed by atoms with van der Waals surface area (Å²) >= 11 is 0. The summed E-state index contributed by atoms with van der Waals surface area (Å²) in [6.45, 7) is 5.58. The lowest BCUT2D eigenvalue weighted by Crippen LogP contribution is -2.46. The number of rotatable bonds is 9. The van der Waals surface area contributed by atoms with Crippen LogP contribution in [0.1, 0.15) is 19.8 Å². The Morgan fingerprint density at radius 3 is 2.62 bits per heavy atom. The molecule has 1 fully saturated rings. The van der Waals surface area contributed by atoms with E-state index in [1.54, 1.807) is 0 Å². The maximum Gasteiger partial charge on any atom is 0.193 e. The van der Waals surface area contributed by atoms with Gasteiger partial charge >= 0.3 is 0 Å². The maximum absolute atomic E-state index is 5.71. The average Bonchev–Trinajstić information content (AvgIpc) is 3.43. The molecule has 0 bridgehead atoms. The molecule has 1 aromatic rings. The van der Waals surface area contributed by atoms with Gasteiger partial charge in [-0.1, -0.05) is 18.2 Å². The lowest BCUT2D eigenvalue weighted by molar-refractivity contribution is 0.115. The minimum Gasteiger partial charge on any atom is -0.379 e. The van der Waals surface area contributed by atoms with Crippen LogP contribution < -0.4 is 10.2 Å². The van der Waals surface area contributed by atoms with Crippen molar-refractivity contribution in [2.75, 3.05) is 52.3 Å². The lowest BCUT2D eigenvalue weighted by Gasteiger charge is -2.29. The summed E-state index contributed by atoms with van der Waals surface area (Å²) in [5, 5.41) is 3.46. The first-order chi connectivity index (χ1) is 11.6. The molecule has 0 saturated heterocycles. The molecule has 1 N–H and O–H groups in total. The average molecular weight is 332 g/mol. The van der Waals surface area contributed by atoms with Gasteiger partial charge in [0.2, 0.25) is 0 Å². The third-order valence-electron chi connectivity index (χ3n) is 4.58. The summed E-state index contributed by atoms with van der Waals surface area (Å²) in [5.41, 5.74) is 1.23. The van der Waals surface area contributed by atoms with Crippen LogP contribution >= 0.6 is 0 Å². The van der Waals surface area contributed by atoms with E-state index in [2.05, 4.69) is 65.4 Å². The highest BCUT2D eigenvalue weighted by molar-refractivity contribution is 5.79. The fraction of sp³-hybridized carbons (Fsp3) is 0.632. The van der Waals surface area contributed by atoms with Crippen LogP contribution in [-0.2, 0) is 4.74 Å². The molecule has 1 atom stereocenters. The molecule has 0 amide bonds. The van der Waals surface area contributed by atoms with E-state index in [1.165, 1.54) is 18.5 Å². The fourth-order valence-corrected chi connectivity index (χ4v) is 2.52. The van der Waals surface area contributed by atoms with Gasteiger partial charge in [0, 0.05) is 52.6 Å². The quantitative estimate of drug-likeness (QED) is 0.428. The van der Waals surface area contributed by atoms with Crippen molar-refractivity contribution in [3.05, 3.63) is 30.3 Å². The highest BCUT2D eigenvalue weighted by Gasteiger charge is 2.21. The molecule has 24 heavy (non-hydrogen) atoms. The first-order valence-corrected chi connectivity index (χ1v) is 8.89. The zero-order valence-corrected chi connectivity index (χ0v) is 15.5. The smallest absolute Gasteiger partial charge is 0.193 e. The van der Waals surface area contributed by atoms with Crippen molar-refractivity contribution >= 4 is 11.6 Å². The third-order valence-corrected chi connectivity index (χ3v) is 4.58. The predicted molar refractivity (Wildman–Crippen MR) is 102 cm³/mol. The van der Waals surface area contributed by atoms with E-state index in [0.717, 1.165) is 38.2 Å². The highest BCUT2D eigenvalue weighted by atomic mass is 16.5. The third kappa shape index (κ3) is 6.04. The van der Waals surface area contributed by atoms with Gasteiger partial charge in [-0.2, -0.15) is 0 Å². The van der Waals surface area contributed by atoms with Crippen LogP contribution in [-0.4, -0.2) is 64.3 Å². The second kappa shape index (κ2) is 9.52. The van der Waals surface area contributed by atoms with Crippen molar-refractivity contribution in [1.29, 1.82) is 0 Å². The first-order valence-electron chi connectivity index (χ1n) is 8.89. The maximum atomic E-state index is 5.71. The Morgan fingerprint density at radius 2 is 2.00 bits per heavy atom. The van der Waals surface area contributed by atoms with Gasteiger partial charge in [0.15, 0.2) is 5.96 Å². The van der Waals surface area contributed by atoms with E-state index < -0.39 is 0 Å². The highest BCUT2D eigenvalue weighted by Crippen LogP contribution is 2.28. The van der Waals surface area contributed by atoms with Crippen LogP contribution in [0.4, 0.5) is 5.69 Å². The molecule has 0 radical (unpaired) electrons. The zero-order valence-electron chi connectivity index (χ0n) is 15.5. The molecule has 0 aliphatic heterocycles. The number of nitrogens with zero attached hydrogens (tertiary/aromatic N) is 3. The van der Waals surface area contributed by atoms with Gasteiger partial charge < -0.3 is 19.9 Å². The van der Waals surface area contributed by atoms with E-state index in [4.69, 9.17) is 4.74 Å². The van der Waals surface area contributed by atoms with E-state index in [0.29, 0.717) is 6.04 Å². The minimum absolute atomic E-state index is 0.365. The number of benzene rings is 1. The van der Waals surface area contributed by atoms with Crippen molar-refractivity contribution in [2.24, 2.45) is 10.9 Å². The molecule has 134 valence electrons. The first kappa shape index (κ1) is 18.6. The zero-order chi connectivity index (χ0) is 17.4. The van der Waals surface area contributed by atoms with Gasteiger partial charge in [0.1, 0.15) is 0 Å². The number of likely N-dealkylation sites (N-methyl/N-ethyl adjacent to an activating group) is 2. The molecule has 2 rings (SSSR count). The van der Waals surface area contributed by atoms with Crippen LogP contribution in [0.2, 0.25) is 0 Å². The van der Waals surface area contributed by atoms with E-state index in [1.807, 2.05) is 13.1 Å².